The van der Waals surface area contributed by atoms with Gasteiger partial charge in [-0.2, -0.15) is 61.1 Å². The van der Waals surface area contributed by atoms with Crippen molar-refractivity contribution in [3.8, 4) is 0 Å². The minimum atomic E-state index is -7.88. The fraction of sp³-hybridized carbons (Fsp3) is 0.733. The highest BCUT2D eigenvalue weighted by molar-refractivity contribution is 7.86. The van der Waals surface area contributed by atoms with Gasteiger partial charge >= 0.3 is 57.4 Å². The Kier molecular flexibility index (Phi) is 9.96. The number of hydrogen-bond donors (Lipinski definition) is 1. The molecule has 0 spiro atoms. The van der Waals surface area contributed by atoms with Crippen molar-refractivity contribution in [3.05, 3.63) is 12.2 Å². The van der Waals surface area contributed by atoms with E-state index in [2.05, 4.69) is 20.8 Å². The van der Waals surface area contributed by atoms with Gasteiger partial charge in [-0.3, -0.25) is 4.55 Å². The van der Waals surface area contributed by atoms with E-state index >= 15 is 0 Å². The molecule has 0 radical (unpaired) electrons. The molecule has 0 rings (SSSR count). The number of halogens is 13. The number of esters is 1. The van der Waals surface area contributed by atoms with Crippen LogP contribution in [0.1, 0.15) is 13.3 Å². The molecule has 0 aliphatic heterocycles. The van der Waals surface area contributed by atoms with Crippen LogP contribution in [0.3, 0.4) is 0 Å². The van der Waals surface area contributed by atoms with Crippen LogP contribution in [0.4, 0.5) is 61.9 Å². The molecular weight excluding hydrogens is 587 g/mol. The van der Waals surface area contributed by atoms with Crippen LogP contribution in [0.5, 0.6) is 0 Å². The van der Waals surface area contributed by atoms with Crippen LogP contribution in [0.15, 0.2) is 12.2 Å². The van der Waals surface area contributed by atoms with E-state index in [-0.39, 0.29) is 0 Å². The van der Waals surface area contributed by atoms with E-state index in [1.807, 2.05) is 0 Å². The summed E-state index contributed by atoms with van der Waals surface area (Å²) in [5.41, 5.74) is -8.46. The molecule has 218 valence electrons. The molecule has 1 unspecified atom stereocenters. The van der Waals surface area contributed by atoms with Crippen LogP contribution in [0, 0.1) is 0 Å². The fourth-order valence-corrected chi connectivity index (χ4v) is 2.20. The number of ether oxygens (including phenoxy) is 3. The molecule has 0 aliphatic rings. The molecule has 8 nitrogen and oxygen atoms in total. The largest absolute Gasteiger partial charge is 0.508 e. The van der Waals surface area contributed by atoms with Crippen LogP contribution < -0.4 is 0 Å². The Hall–Kier alpha value is -2.52. The Balaban J connectivity index is 6.18. The number of carbonyl (C=O) groups excluding carboxylic acids is 2. The first kappa shape index (κ1) is 34.5. The minimum absolute atomic E-state index is 0.580. The third kappa shape index (κ3) is 7.51. The maximum absolute atomic E-state index is 14.1. The summed E-state index contributed by atoms with van der Waals surface area (Å²) in [7, 11) is -6.27. The number of carbonyl (C=O) groups is 2. The number of alkyl halides is 13. The topological polar surface area (TPSA) is 116 Å². The zero-order valence-corrected chi connectivity index (χ0v) is 18.3. The summed E-state index contributed by atoms with van der Waals surface area (Å²) in [6, 6.07) is 0. The first-order valence-electron chi connectivity index (χ1n) is 8.64. The second kappa shape index (κ2) is 10.7. The second-order valence-electron chi connectivity index (χ2n) is 6.91. The molecule has 37 heavy (non-hydrogen) atoms. The highest BCUT2D eigenvalue weighted by Gasteiger charge is 2.90. The van der Waals surface area contributed by atoms with Crippen molar-refractivity contribution in [2.45, 2.75) is 54.6 Å². The van der Waals surface area contributed by atoms with E-state index < -0.39 is 88.7 Å². The molecule has 0 aromatic heterocycles. The molecule has 0 saturated carbocycles. The fourth-order valence-electron chi connectivity index (χ4n) is 2.00. The van der Waals surface area contributed by atoms with Gasteiger partial charge in [0.05, 0.1) is 6.42 Å². The Labute approximate surface area is 197 Å². The molecule has 0 aromatic rings. The van der Waals surface area contributed by atoms with E-state index in [0.717, 1.165) is 6.92 Å². The van der Waals surface area contributed by atoms with Gasteiger partial charge in [0.1, 0.15) is 12.7 Å². The van der Waals surface area contributed by atoms with Crippen LogP contribution in [-0.4, -0.2) is 79.5 Å². The van der Waals surface area contributed by atoms with E-state index in [4.69, 9.17) is 4.55 Å². The summed E-state index contributed by atoms with van der Waals surface area (Å²) in [5.74, 6) is -16.0. The van der Waals surface area contributed by atoms with Gasteiger partial charge in [0.25, 0.3) is 0 Å². The van der Waals surface area contributed by atoms with Crippen molar-refractivity contribution in [2.75, 3.05) is 13.2 Å². The SMILES string of the molecule is C=C(C)C(=O)OCC(CC(F)(F)C(F)(F)C(F)(C(F)(F)F)C(F)(F)F)OC(=O)OCC(F)(F)S(=O)(=O)O. The van der Waals surface area contributed by atoms with Crippen molar-refractivity contribution in [2.24, 2.45) is 0 Å². The van der Waals surface area contributed by atoms with E-state index in [1.54, 1.807) is 0 Å². The van der Waals surface area contributed by atoms with Crippen LogP contribution in [0.25, 0.3) is 0 Å². The highest BCUT2D eigenvalue weighted by Crippen LogP contribution is 2.60. The molecule has 1 atom stereocenters. The zero-order valence-electron chi connectivity index (χ0n) is 17.5. The first-order valence-corrected chi connectivity index (χ1v) is 10.1. The molecule has 22 heteroatoms. The molecule has 0 fully saturated rings. The van der Waals surface area contributed by atoms with Gasteiger partial charge in [0.2, 0.25) is 0 Å². The summed E-state index contributed by atoms with van der Waals surface area (Å²) < 4.78 is 211. The molecule has 0 aliphatic carbocycles. The van der Waals surface area contributed by atoms with E-state index in [0.29, 0.717) is 0 Å². The highest BCUT2D eigenvalue weighted by atomic mass is 32.2. The Morgan fingerprint density at radius 1 is 0.865 bits per heavy atom. The van der Waals surface area contributed by atoms with Gasteiger partial charge in [0.15, 0.2) is 6.61 Å². The summed E-state index contributed by atoms with van der Waals surface area (Å²) in [5, 5.41) is -5.28. The van der Waals surface area contributed by atoms with E-state index in [9.17, 15) is 75.1 Å². The molecule has 0 saturated heterocycles. The van der Waals surface area contributed by atoms with Crippen molar-refractivity contribution >= 4 is 22.2 Å². The molecular formula is C15H13F13O8S. The smallest absolute Gasteiger partial charge is 0.458 e. The quantitative estimate of drug-likeness (QED) is 0.158. The molecule has 0 amide bonds. The van der Waals surface area contributed by atoms with Crippen molar-refractivity contribution < 1.29 is 93.8 Å². The lowest BCUT2D eigenvalue weighted by atomic mass is 9.88. The normalized spacial score (nSPS) is 15.1. The lowest BCUT2D eigenvalue weighted by Crippen LogP contribution is -2.70. The maximum atomic E-state index is 14.1. The van der Waals surface area contributed by atoms with Gasteiger partial charge in [-0.15, -0.1) is 0 Å². The summed E-state index contributed by atoms with van der Waals surface area (Å²) in [6.45, 7) is -0.731. The van der Waals surface area contributed by atoms with E-state index in [1.165, 1.54) is 0 Å². The van der Waals surface area contributed by atoms with Gasteiger partial charge in [-0.25, -0.2) is 14.0 Å². The van der Waals surface area contributed by atoms with Gasteiger partial charge < -0.3 is 14.2 Å². The standard InChI is InChI=1S/C15H13F13O8S/c1-6(2)8(29)34-4-7(36-9(30)35-5-11(18,19)37(31,32)33)3-10(16,17)13(21,22)12(20,14(23,24)25)15(26,27)28/h7H,1,3-5H2,2H3,(H,31,32,33). The average Bonchev–Trinajstić information content (AvgIpc) is 2.66. The third-order valence-electron chi connectivity index (χ3n) is 3.90. The number of rotatable bonds is 11. The van der Waals surface area contributed by atoms with Crippen LogP contribution in [0.2, 0.25) is 0 Å². The third-order valence-corrected chi connectivity index (χ3v) is 4.78. The molecule has 0 bridgehead atoms. The Bertz CT molecular complexity index is 958. The molecule has 0 aromatic carbocycles. The molecule has 1 N–H and O–H groups in total. The minimum Gasteiger partial charge on any atom is -0.458 e. The second-order valence-corrected chi connectivity index (χ2v) is 8.45. The van der Waals surface area contributed by atoms with Gasteiger partial charge in [-0.1, -0.05) is 6.58 Å². The lowest BCUT2D eigenvalue weighted by molar-refractivity contribution is -0.428. The number of hydrogen-bond acceptors (Lipinski definition) is 7. The zero-order chi connectivity index (χ0) is 30.1. The summed E-state index contributed by atoms with van der Waals surface area (Å²) in [4.78, 5) is 22.7. The summed E-state index contributed by atoms with van der Waals surface area (Å²) >= 11 is 0. The monoisotopic (exact) mass is 600 g/mol. The van der Waals surface area contributed by atoms with Crippen molar-refractivity contribution in [1.82, 2.24) is 0 Å². The maximum Gasteiger partial charge on any atom is 0.508 e. The van der Waals surface area contributed by atoms with Crippen molar-refractivity contribution in [3.63, 3.8) is 0 Å². The average molecular weight is 600 g/mol. The van der Waals surface area contributed by atoms with Crippen molar-refractivity contribution in [1.29, 1.82) is 0 Å². The summed E-state index contributed by atoms with van der Waals surface area (Å²) in [6.07, 6.45) is -24.5. The lowest BCUT2D eigenvalue weighted by Gasteiger charge is -2.40. The Morgan fingerprint density at radius 2 is 1.30 bits per heavy atom. The molecule has 0 heterocycles. The Morgan fingerprint density at radius 3 is 1.65 bits per heavy atom. The van der Waals surface area contributed by atoms with Gasteiger partial charge in [0, 0.05) is 5.57 Å². The predicted molar refractivity (Wildman–Crippen MR) is 88.9 cm³/mol. The van der Waals surface area contributed by atoms with Crippen LogP contribution >= 0.6 is 0 Å². The van der Waals surface area contributed by atoms with Gasteiger partial charge in [-0.05, 0) is 6.92 Å². The van der Waals surface area contributed by atoms with Crippen LogP contribution in [-0.2, 0) is 29.1 Å². The predicted octanol–water partition coefficient (Wildman–Crippen LogP) is 4.60. The first-order chi connectivity index (χ1) is 16.0.